The van der Waals surface area contributed by atoms with Crippen molar-refractivity contribution in [2.45, 2.75) is 82.9 Å². The van der Waals surface area contributed by atoms with E-state index in [4.69, 9.17) is 10.5 Å². The van der Waals surface area contributed by atoms with E-state index in [1.54, 1.807) is 19.1 Å². The number of Topliss-reactive ketones (excluding diaryl/α,β-unsaturated/α-hetero) is 2. The first-order chi connectivity index (χ1) is 18.2. The van der Waals surface area contributed by atoms with Crippen LogP contribution in [0, 0.1) is 5.41 Å². The van der Waals surface area contributed by atoms with E-state index >= 15 is 0 Å². The van der Waals surface area contributed by atoms with Gasteiger partial charge in [-0.3, -0.25) is 14.4 Å². The maximum Gasteiger partial charge on any atom is 0.435 e. The number of carbonyl (C=O) groups excluding carboxylic acids is 3. The molecule has 1 fully saturated rings. The summed E-state index contributed by atoms with van der Waals surface area (Å²) >= 11 is 4.28. The Bertz CT molecular complexity index is 1280. The highest BCUT2D eigenvalue weighted by Gasteiger charge is 2.45. The van der Waals surface area contributed by atoms with Crippen LogP contribution in [0.1, 0.15) is 85.0 Å². The number of rotatable bonds is 7. The molecule has 2 aliphatic carbocycles. The summed E-state index contributed by atoms with van der Waals surface area (Å²) in [5, 5.41) is 6.65. The number of aromatic nitrogens is 2. The summed E-state index contributed by atoms with van der Waals surface area (Å²) in [6.07, 6.45) is -2.29. The number of hydrogen-bond acceptors (Lipinski definition) is 8. The van der Waals surface area contributed by atoms with Crippen LogP contribution in [0.5, 0.6) is 0 Å². The quantitative estimate of drug-likeness (QED) is 0.251. The second-order valence-corrected chi connectivity index (χ2v) is 11.9. The summed E-state index contributed by atoms with van der Waals surface area (Å²) in [5.74, 6) is -1.29. The molecule has 0 radical (unpaired) electrons. The standard InChI is InChI=1S/C27H33F3N4O4S/c1-14(39)24(37)18-9-6-16(10-19(18)32-15-4-7-17(8-5-15)38-22(36)13-31)34-20-11-26(2,3)12-21(35)23(20)25(33-34)27(28,29)30/h6,9-10,14-15,17,32,39H,4-5,7-8,11-13,31H2,1-3H3. The van der Waals surface area contributed by atoms with Crippen molar-refractivity contribution in [1.82, 2.24) is 9.78 Å². The molecule has 0 aliphatic heterocycles. The molecule has 0 spiro atoms. The number of ketones is 2. The van der Waals surface area contributed by atoms with E-state index in [9.17, 15) is 27.6 Å². The van der Waals surface area contributed by atoms with Gasteiger partial charge in [0, 0.05) is 23.7 Å². The van der Waals surface area contributed by atoms with Gasteiger partial charge in [-0.2, -0.15) is 30.9 Å². The van der Waals surface area contributed by atoms with Crippen molar-refractivity contribution >= 4 is 35.9 Å². The Morgan fingerprint density at radius 1 is 1.23 bits per heavy atom. The largest absolute Gasteiger partial charge is 0.461 e. The van der Waals surface area contributed by atoms with Crippen molar-refractivity contribution in [1.29, 1.82) is 0 Å². The van der Waals surface area contributed by atoms with Gasteiger partial charge in [-0.15, -0.1) is 0 Å². The molecule has 2 aromatic rings. The van der Waals surface area contributed by atoms with E-state index in [0.29, 0.717) is 42.6 Å². The molecule has 1 unspecified atom stereocenters. The molecular weight excluding hydrogens is 533 g/mol. The van der Waals surface area contributed by atoms with E-state index in [-0.39, 0.29) is 48.6 Å². The number of ether oxygens (including phenoxy) is 1. The van der Waals surface area contributed by atoms with Gasteiger partial charge in [0.25, 0.3) is 0 Å². The first-order valence-electron chi connectivity index (χ1n) is 12.9. The first-order valence-corrected chi connectivity index (χ1v) is 13.5. The zero-order valence-corrected chi connectivity index (χ0v) is 23.0. The maximum atomic E-state index is 13.9. The second-order valence-electron chi connectivity index (χ2n) is 11.1. The molecule has 1 aromatic heterocycles. The zero-order valence-electron chi connectivity index (χ0n) is 22.1. The Labute approximate surface area is 230 Å². The summed E-state index contributed by atoms with van der Waals surface area (Å²) < 4.78 is 48.3. The molecule has 1 saturated carbocycles. The normalized spacial score (nSPS) is 21.7. The van der Waals surface area contributed by atoms with Crippen LogP contribution in [0.15, 0.2) is 18.2 Å². The first kappa shape index (κ1) is 29.1. The SMILES string of the molecule is CC(S)C(=O)c1ccc(-n2nc(C(F)(F)F)c3c2CC(C)(C)CC3=O)cc1NC1CCC(OC(=O)CN)CC1. The average Bonchev–Trinajstić information content (AvgIpc) is 3.24. The fourth-order valence-corrected chi connectivity index (χ4v) is 5.50. The lowest BCUT2D eigenvalue weighted by molar-refractivity contribution is -0.148. The molecule has 0 amide bonds. The van der Waals surface area contributed by atoms with Crippen LogP contribution in [0.2, 0.25) is 0 Å². The van der Waals surface area contributed by atoms with E-state index in [0.717, 1.165) is 0 Å². The van der Waals surface area contributed by atoms with Gasteiger partial charge in [-0.05, 0) is 62.6 Å². The Hall–Kier alpha value is -2.86. The molecule has 2 aliphatic rings. The summed E-state index contributed by atoms with van der Waals surface area (Å²) in [5.41, 5.74) is 4.53. The van der Waals surface area contributed by atoms with E-state index in [2.05, 4.69) is 23.0 Å². The monoisotopic (exact) mass is 566 g/mol. The van der Waals surface area contributed by atoms with Crippen molar-refractivity contribution in [2.24, 2.45) is 11.1 Å². The third kappa shape index (κ3) is 6.32. The lowest BCUT2D eigenvalue weighted by atomic mass is 9.75. The number of nitrogens with zero attached hydrogens (tertiary/aromatic N) is 2. The van der Waals surface area contributed by atoms with E-state index < -0.39 is 34.3 Å². The van der Waals surface area contributed by atoms with Crippen LogP contribution in [0.3, 0.4) is 0 Å². The van der Waals surface area contributed by atoms with Crippen LogP contribution >= 0.6 is 12.6 Å². The average molecular weight is 567 g/mol. The van der Waals surface area contributed by atoms with Crippen LogP contribution in [0.4, 0.5) is 18.9 Å². The van der Waals surface area contributed by atoms with Crippen molar-refractivity contribution < 1.29 is 32.3 Å². The van der Waals surface area contributed by atoms with Gasteiger partial charge in [0.2, 0.25) is 0 Å². The third-order valence-electron chi connectivity index (χ3n) is 7.20. The van der Waals surface area contributed by atoms with Crippen molar-refractivity contribution in [3.05, 3.63) is 40.7 Å². The maximum absolute atomic E-state index is 13.9. The Balaban J connectivity index is 1.72. The summed E-state index contributed by atoms with van der Waals surface area (Å²) in [4.78, 5) is 37.3. The number of alkyl halides is 3. The number of esters is 1. The minimum Gasteiger partial charge on any atom is -0.461 e. The number of nitrogens with one attached hydrogen (secondary N) is 1. The Kier molecular flexibility index (Phi) is 8.18. The Morgan fingerprint density at radius 3 is 2.49 bits per heavy atom. The van der Waals surface area contributed by atoms with Gasteiger partial charge in [0.05, 0.1) is 28.7 Å². The van der Waals surface area contributed by atoms with Gasteiger partial charge in [-0.1, -0.05) is 13.8 Å². The second kappa shape index (κ2) is 11.0. The number of hydrogen-bond donors (Lipinski definition) is 3. The summed E-state index contributed by atoms with van der Waals surface area (Å²) in [7, 11) is 0. The molecule has 4 rings (SSSR count). The fourth-order valence-electron chi connectivity index (χ4n) is 5.36. The van der Waals surface area contributed by atoms with Gasteiger partial charge in [-0.25, -0.2) is 4.68 Å². The van der Waals surface area contributed by atoms with Gasteiger partial charge in [0.15, 0.2) is 17.3 Å². The number of anilines is 1. The Morgan fingerprint density at radius 2 is 1.90 bits per heavy atom. The number of halogens is 3. The highest BCUT2D eigenvalue weighted by Crippen LogP contribution is 2.42. The minimum absolute atomic E-state index is 0.00187. The fraction of sp³-hybridized carbons (Fsp3) is 0.556. The topological polar surface area (TPSA) is 116 Å². The molecule has 0 bridgehead atoms. The third-order valence-corrected chi connectivity index (χ3v) is 7.44. The number of fused-ring (bicyclic) bond motifs is 1. The van der Waals surface area contributed by atoms with E-state index in [1.807, 2.05) is 13.8 Å². The van der Waals surface area contributed by atoms with Gasteiger partial charge in [0.1, 0.15) is 6.10 Å². The predicted octanol–water partition coefficient (Wildman–Crippen LogP) is 4.77. The molecule has 1 aromatic carbocycles. The zero-order chi connectivity index (χ0) is 28.7. The highest BCUT2D eigenvalue weighted by molar-refractivity contribution is 7.81. The molecule has 8 nitrogen and oxygen atoms in total. The molecule has 1 atom stereocenters. The molecule has 3 N–H and O–H groups in total. The number of carbonyl (C=O) groups is 3. The van der Waals surface area contributed by atoms with Crippen molar-refractivity contribution in [3.63, 3.8) is 0 Å². The molecule has 212 valence electrons. The predicted molar refractivity (Wildman–Crippen MR) is 143 cm³/mol. The smallest absolute Gasteiger partial charge is 0.435 e. The van der Waals surface area contributed by atoms with Gasteiger partial charge < -0.3 is 15.8 Å². The summed E-state index contributed by atoms with van der Waals surface area (Å²) in [6, 6.07) is 4.63. The number of nitrogens with two attached hydrogens (primary N) is 1. The minimum atomic E-state index is -4.79. The van der Waals surface area contributed by atoms with Crippen molar-refractivity contribution in [2.75, 3.05) is 11.9 Å². The molecule has 0 saturated heterocycles. The summed E-state index contributed by atoms with van der Waals surface area (Å²) in [6.45, 7) is 5.13. The number of benzene rings is 1. The lowest BCUT2D eigenvalue weighted by Gasteiger charge is -2.30. The highest BCUT2D eigenvalue weighted by atomic mass is 32.1. The lowest BCUT2D eigenvalue weighted by Crippen LogP contribution is -2.33. The van der Waals surface area contributed by atoms with Crippen LogP contribution in [0.25, 0.3) is 5.69 Å². The molecule has 1 heterocycles. The van der Waals surface area contributed by atoms with Gasteiger partial charge >= 0.3 is 12.1 Å². The molecule has 39 heavy (non-hydrogen) atoms. The van der Waals surface area contributed by atoms with Crippen molar-refractivity contribution in [3.8, 4) is 5.69 Å². The van der Waals surface area contributed by atoms with Crippen LogP contribution in [-0.4, -0.2) is 51.3 Å². The van der Waals surface area contributed by atoms with E-state index in [1.165, 1.54) is 10.7 Å². The molecular formula is C27H33F3N4O4S. The number of thiol groups is 1. The molecule has 12 heteroatoms. The van der Waals surface area contributed by atoms with Crippen LogP contribution in [-0.2, 0) is 22.1 Å². The van der Waals surface area contributed by atoms with Crippen LogP contribution < -0.4 is 11.1 Å².